The number of piperidine rings is 2. The highest BCUT2D eigenvalue weighted by Gasteiger charge is 2.49. The van der Waals surface area contributed by atoms with Crippen LogP contribution in [0.25, 0.3) is 0 Å². The number of hydrogen-bond acceptors (Lipinski definition) is 7. The van der Waals surface area contributed by atoms with Gasteiger partial charge in [0.05, 0.1) is 23.2 Å². The molecule has 0 saturated carbocycles. The van der Waals surface area contributed by atoms with Crippen LogP contribution in [0.3, 0.4) is 0 Å². The molecule has 2 aliphatic rings. The first kappa shape index (κ1) is 30.6. The van der Waals surface area contributed by atoms with Crippen molar-refractivity contribution in [3.05, 3.63) is 65.7 Å². The predicted molar refractivity (Wildman–Crippen MR) is 157 cm³/mol. The Morgan fingerprint density at radius 2 is 1.59 bits per heavy atom. The molecule has 9 nitrogen and oxygen atoms in total. The third-order valence-corrected chi connectivity index (χ3v) is 13.2. The summed E-state index contributed by atoms with van der Waals surface area (Å²) in [4.78, 5) is 28.6. The number of fused-ring (bicyclic) bond motifs is 2. The quantitative estimate of drug-likeness (QED) is 0.250. The molecule has 0 radical (unpaired) electrons. The number of esters is 1. The molecule has 2 aliphatic heterocycles. The Morgan fingerprint density at radius 1 is 1.00 bits per heavy atom. The van der Waals surface area contributed by atoms with E-state index >= 15 is 0 Å². The van der Waals surface area contributed by atoms with E-state index in [-0.39, 0.29) is 48.1 Å². The summed E-state index contributed by atoms with van der Waals surface area (Å²) in [5.74, 6) is -0.170. The van der Waals surface area contributed by atoms with Gasteiger partial charge in [-0.05, 0) is 61.5 Å². The van der Waals surface area contributed by atoms with Crippen LogP contribution in [0.15, 0.2) is 54.6 Å². The van der Waals surface area contributed by atoms with E-state index in [0.717, 1.165) is 0 Å². The Labute approximate surface area is 243 Å². The van der Waals surface area contributed by atoms with Gasteiger partial charge in [0.1, 0.15) is 11.9 Å². The van der Waals surface area contributed by atoms with E-state index in [2.05, 4.69) is 51.8 Å². The summed E-state index contributed by atoms with van der Waals surface area (Å²) in [6.07, 6.45) is -1.94. The minimum atomic E-state index is -2.25. The van der Waals surface area contributed by atoms with Gasteiger partial charge in [0.2, 0.25) is 6.29 Å². The van der Waals surface area contributed by atoms with Crippen LogP contribution in [0.5, 0.6) is 5.75 Å². The van der Waals surface area contributed by atoms with E-state index < -0.39 is 20.7 Å². The Morgan fingerprint density at radius 3 is 2.10 bits per heavy atom. The number of ether oxygens (including phenoxy) is 2. The average Bonchev–Trinajstić information content (AvgIpc) is 2.92. The molecular weight excluding hydrogens is 538 g/mol. The molecule has 10 heteroatoms. The topological polar surface area (TPSA) is 112 Å². The summed E-state index contributed by atoms with van der Waals surface area (Å²) in [7, 11) is -2.25. The molecule has 1 N–H and O–H groups in total. The lowest BCUT2D eigenvalue weighted by Gasteiger charge is -2.52. The largest absolute Gasteiger partial charge is 0.465 e. The van der Waals surface area contributed by atoms with Crippen LogP contribution in [0, 0.1) is 23.2 Å². The maximum Gasteiger partial charge on any atom is 0.407 e. The van der Waals surface area contributed by atoms with Crippen LogP contribution < -0.4 is 4.74 Å². The molecule has 4 atom stereocenters. The molecule has 4 unspecified atom stereocenters. The van der Waals surface area contributed by atoms with Gasteiger partial charge in [-0.25, -0.2) is 9.59 Å². The SMILES string of the molecule is CC(C(Oc1ccc(C#N)cc1)O[Si](C)(C)C(C)(C)C)N1CC2CN(C(=O)O)CC(C1)C2OC(=O)c1ccccc1. The number of carbonyl (C=O) groups is 2. The predicted octanol–water partition coefficient (Wildman–Crippen LogP) is 5.44. The highest BCUT2D eigenvalue weighted by Crippen LogP contribution is 2.39. The molecule has 0 aromatic heterocycles. The van der Waals surface area contributed by atoms with Crippen molar-refractivity contribution in [1.29, 1.82) is 5.26 Å². The number of likely N-dealkylation sites (tertiary alicyclic amines) is 2. The molecule has 2 bridgehead atoms. The van der Waals surface area contributed by atoms with Crippen LogP contribution in [0.2, 0.25) is 18.1 Å². The maximum atomic E-state index is 13.0. The van der Waals surface area contributed by atoms with Gasteiger partial charge in [0.25, 0.3) is 0 Å². The van der Waals surface area contributed by atoms with Crippen molar-refractivity contribution < 1.29 is 28.6 Å². The van der Waals surface area contributed by atoms with Crippen LogP contribution in [0.4, 0.5) is 4.79 Å². The monoisotopic (exact) mass is 579 g/mol. The van der Waals surface area contributed by atoms with Crippen LogP contribution in [-0.2, 0) is 9.16 Å². The van der Waals surface area contributed by atoms with E-state index in [1.54, 1.807) is 48.5 Å². The Kier molecular flexibility index (Phi) is 9.12. The molecule has 0 aliphatic carbocycles. The van der Waals surface area contributed by atoms with Gasteiger partial charge in [-0.2, -0.15) is 5.26 Å². The molecule has 2 aromatic carbocycles. The molecule has 4 rings (SSSR count). The maximum absolute atomic E-state index is 13.0. The highest BCUT2D eigenvalue weighted by molar-refractivity contribution is 6.74. The standard InChI is InChI=1S/C31H41N3O6Si/c1-21(29(40-41(5,6)31(2,3)4)38-26-14-12-22(16-32)13-15-26)33-17-24-19-34(30(36)37)20-25(18-33)27(24)39-28(35)23-10-8-7-9-11-23/h7-15,21,24-25,27,29H,17-20H2,1-6H3,(H,36,37). The third kappa shape index (κ3) is 7.10. The number of rotatable bonds is 8. The zero-order chi connectivity index (χ0) is 29.9. The molecule has 220 valence electrons. The summed E-state index contributed by atoms with van der Waals surface area (Å²) in [6.45, 7) is 14.6. The number of hydrogen-bond donors (Lipinski definition) is 1. The molecule has 2 fully saturated rings. The molecule has 0 spiro atoms. The third-order valence-electron chi connectivity index (χ3n) is 8.72. The van der Waals surface area contributed by atoms with E-state index in [0.29, 0.717) is 30.0 Å². The van der Waals surface area contributed by atoms with Crippen LogP contribution in [0.1, 0.15) is 43.6 Å². The number of amides is 1. The lowest BCUT2D eigenvalue weighted by Crippen LogP contribution is -2.65. The number of carboxylic acid groups (broad SMARTS) is 1. The second-order valence-corrected chi connectivity index (χ2v) is 17.4. The smallest absolute Gasteiger partial charge is 0.407 e. The van der Waals surface area contributed by atoms with Gasteiger partial charge in [0.15, 0.2) is 8.32 Å². The number of carbonyl (C=O) groups excluding carboxylic acids is 1. The first-order chi connectivity index (χ1) is 19.3. The minimum Gasteiger partial charge on any atom is -0.465 e. The molecule has 2 heterocycles. The summed E-state index contributed by atoms with van der Waals surface area (Å²) in [5, 5.41) is 18.9. The van der Waals surface area contributed by atoms with Gasteiger partial charge >= 0.3 is 12.1 Å². The summed E-state index contributed by atoms with van der Waals surface area (Å²) in [5.41, 5.74) is 1.03. The second kappa shape index (κ2) is 12.2. The molecule has 2 aromatic rings. The first-order valence-corrected chi connectivity index (χ1v) is 17.0. The summed E-state index contributed by atoms with van der Waals surface area (Å²) >= 11 is 0. The van der Waals surface area contributed by atoms with Gasteiger partial charge in [-0.3, -0.25) is 4.90 Å². The van der Waals surface area contributed by atoms with Gasteiger partial charge in [-0.1, -0.05) is 39.0 Å². The molecular formula is C31H41N3O6Si. The fourth-order valence-electron chi connectivity index (χ4n) is 5.28. The van der Waals surface area contributed by atoms with E-state index in [9.17, 15) is 20.0 Å². The van der Waals surface area contributed by atoms with Crippen molar-refractivity contribution in [2.75, 3.05) is 26.2 Å². The molecule has 41 heavy (non-hydrogen) atoms. The summed E-state index contributed by atoms with van der Waals surface area (Å²) < 4.78 is 19.3. The highest BCUT2D eigenvalue weighted by atomic mass is 28.4. The van der Waals surface area contributed by atoms with Crippen LogP contribution in [-0.4, -0.2) is 79.9 Å². The van der Waals surface area contributed by atoms with Crippen molar-refractivity contribution >= 4 is 20.4 Å². The number of nitriles is 1. The van der Waals surface area contributed by atoms with E-state index in [1.807, 2.05) is 6.07 Å². The van der Waals surface area contributed by atoms with Gasteiger partial charge < -0.3 is 23.9 Å². The lowest BCUT2D eigenvalue weighted by molar-refractivity contribution is -0.123. The first-order valence-electron chi connectivity index (χ1n) is 14.1. The van der Waals surface area contributed by atoms with Gasteiger partial charge in [-0.15, -0.1) is 0 Å². The van der Waals surface area contributed by atoms with Crippen molar-refractivity contribution in [3.8, 4) is 11.8 Å². The second-order valence-electron chi connectivity index (χ2n) is 12.6. The van der Waals surface area contributed by atoms with Crippen molar-refractivity contribution in [2.24, 2.45) is 11.8 Å². The van der Waals surface area contributed by atoms with E-state index in [4.69, 9.17) is 13.9 Å². The lowest BCUT2D eigenvalue weighted by atomic mass is 9.81. The zero-order valence-corrected chi connectivity index (χ0v) is 25.7. The van der Waals surface area contributed by atoms with Crippen LogP contribution >= 0.6 is 0 Å². The molecule has 2 saturated heterocycles. The average molecular weight is 580 g/mol. The Hall–Kier alpha value is -3.39. The Bertz CT molecular complexity index is 1240. The van der Waals surface area contributed by atoms with Crippen molar-refractivity contribution in [2.45, 2.75) is 64.3 Å². The van der Waals surface area contributed by atoms with Gasteiger partial charge in [0, 0.05) is 38.0 Å². The summed E-state index contributed by atoms with van der Waals surface area (Å²) in [6, 6.07) is 17.8. The zero-order valence-electron chi connectivity index (χ0n) is 24.7. The Balaban J connectivity index is 1.57. The normalized spacial score (nSPS) is 22.8. The fraction of sp³-hybridized carbons (Fsp3) is 0.516. The van der Waals surface area contributed by atoms with Crippen molar-refractivity contribution in [1.82, 2.24) is 9.80 Å². The fourth-order valence-corrected chi connectivity index (χ4v) is 6.46. The van der Waals surface area contributed by atoms with E-state index in [1.165, 1.54) is 4.90 Å². The minimum absolute atomic E-state index is 0.0455. The molecule has 1 amide bonds. The number of benzene rings is 2. The van der Waals surface area contributed by atoms with Crippen molar-refractivity contribution in [3.63, 3.8) is 0 Å². The number of nitrogens with zero attached hydrogens (tertiary/aromatic N) is 3.